The summed E-state index contributed by atoms with van der Waals surface area (Å²) >= 11 is 5.92. The number of nitrogens with zero attached hydrogens (tertiary/aromatic N) is 2. The first kappa shape index (κ1) is 14.2. The molecule has 5 nitrogen and oxygen atoms in total. The number of rotatable bonds is 5. The van der Waals surface area contributed by atoms with E-state index in [0.29, 0.717) is 17.0 Å². The molecular formula is C13H10ClFN2O3. The van der Waals surface area contributed by atoms with Gasteiger partial charge in [0.25, 0.3) is 0 Å². The first-order chi connectivity index (χ1) is 9.58. The molecule has 1 aromatic heterocycles. The molecule has 0 aliphatic heterocycles. The zero-order valence-electron chi connectivity index (χ0n) is 10.3. The molecule has 0 bridgehead atoms. The molecule has 20 heavy (non-hydrogen) atoms. The number of hydrogen-bond acceptors (Lipinski definition) is 4. The van der Waals surface area contributed by atoms with E-state index in [1.165, 1.54) is 36.5 Å². The highest BCUT2D eigenvalue weighted by Crippen LogP contribution is 2.23. The highest BCUT2D eigenvalue weighted by atomic mass is 35.5. The van der Waals surface area contributed by atoms with Crippen LogP contribution in [0.1, 0.15) is 5.56 Å². The third-order valence-electron chi connectivity index (χ3n) is 2.56. The summed E-state index contributed by atoms with van der Waals surface area (Å²) in [5, 5.41) is 11.2. The van der Waals surface area contributed by atoms with Crippen LogP contribution in [0.3, 0.4) is 0 Å². The summed E-state index contributed by atoms with van der Waals surface area (Å²) in [5.74, 6) is -0.667. The zero-order valence-corrected chi connectivity index (χ0v) is 11.0. The molecular weight excluding hydrogens is 287 g/mol. The molecule has 7 heteroatoms. The topological polar surface area (TPSA) is 65.3 Å². The monoisotopic (exact) mass is 296 g/mol. The maximum atomic E-state index is 13.1. The number of benzene rings is 1. The lowest BCUT2D eigenvalue weighted by Crippen LogP contribution is -2.05. The quantitative estimate of drug-likeness (QED) is 0.626. The molecule has 0 radical (unpaired) electrons. The molecule has 1 heterocycles. The first-order valence-electron chi connectivity index (χ1n) is 5.74. The minimum absolute atomic E-state index is 0.0741. The summed E-state index contributed by atoms with van der Waals surface area (Å²) in [7, 11) is 0. The number of ether oxygens (including phenoxy) is 1. The minimum atomic E-state index is -0.621. The van der Waals surface area contributed by atoms with Crippen LogP contribution in [-0.4, -0.2) is 16.5 Å². The fourth-order valence-electron chi connectivity index (χ4n) is 1.64. The van der Waals surface area contributed by atoms with E-state index >= 15 is 0 Å². The molecule has 0 aliphatic rings. The van der Waals surface area contributed by atoms with Crippen LogP contribution in [0.25, 0.3) is 0 Å². The first-order valence-corrected chi connectivity index (χ1v) is 6.12. The van der Waals surface area contributed by atoms with Gasteiger partial charge in [0.1, 0.15) is 12.0 Å². The number of nitro groups is 1. The van der Waals surface area contributed by atoms with Crippen LogP contribution in [-0.2, 0) is 6.42 Å². The summed E-state index contributed by atoms with van der Waals surface area (Å²) in [6, 6.07) is 7.02. The normalized spacial score (nSPS) is 10.3. The van der Waals surface area contributed by atoms with Crippen molar-refractivity contribution in [2.24, 2.45) is 0 Å². The average Bonchev–Trinajstić information content (AvgIpc) is 2.43. The molecule has 2 aromatic rings. The Morgan fingerprint density at radius 1 is 1.40 bits per heavy atom. The van der Waals surface area contributed by atoms with Gasteiger partial charge in [0.05, 0.1) is 6.61 Å². The van der Waals surface area contributed by atoms with Gasteiger partial charge < -0.3 is 14.9 Å². The van der Waals surface area contributed by atoms with Crippen molar-refractivity contribution in [3.63, 3.8) is 0 Å². The highest BCUT2D eigenvalue weighted by Gasteiger charge is 2.15. The SMILES string of the molecule is O=[N+]([O-])c1ncccc1OCCc1cc(F)ccc1Cl. The predicted octanol–water partition coefficient (Wildman–Crippen LogP) is 3.40. The zero-order chi connectivity index (χ0) is 14.5. The molecule has 0 amide bonds. The van der Waals surface area contributed by atoms with Crippen molar-refractivity contribution < 1.29 is 14.1 Å². The Bertz CT molecular complexity index is 637. The largest absolute Gasteiger partial charge is 0.485 e. The van der Waals surface area contributed by atoms with Crippen molar-refractivity contribution in [1.29, 1.82) is 0 Å². The Labute approximate surface area is 119 Å². The molecule has 0 spiro atoms. The molecule has 0 unspecified atom stereocenters. The molecule has 0 N–H and O–H groups in total. The van der Waals surface area contributed by atoms with Crippen molar-refractivity contribution in [2.75, 3.05) is 6.61 Å². The highest BCUT2D eigenvalue weighted by molar-refractivity contribution is 6.31. The lowest BCUT2D eigenvalue weighted by atomic mass is 10.1. The fraction of sp³-hybridized carbons (Fsp3) is 0.154. The number of pyridine rings is 1. The van der Waals surface area contributed by atoms with Crippen molar-refractivity contribution in [1.82, 2.24) is 4.98 Å². The number of halogens is 2. The Kier molecular flexibility index (Phi) is 4.47. The molecule has 104 valence electrons. The third kappa shape index (κ3) is 3.42. The van der Waals surface area contributed by atoms with Crippen LogP contribution < -0.4 is 4.74 Å². The second kappa shape index (κ2) is 6.29. The van der Waals surface area contributed by atoms with E-state index < -0.39 is 10.7 Å². The Morgan fingerprint density at radius 3 is 2.95 bits per heavy atom. The maximum absolute atomic E-state index is 13.1. The van der Waals surface area contributed by atoms with Gasteiger partial charge in [-0.25, -0.2) is 4.39 Å². The van der Waals surface area contributed by atoms with Gasteiger partial charge in [0.15, 0.2) is 0 Å². The molecule has 0 atom stereocenters. The van der Waals surface area contributed by atoms with Crippen LogP contribution in [0.4, 0.5) is 10.2 Å². The van der Waals surface area contributed by atoms with Gasteiger partial charge in [-0.15, -0.1) is 0 Å². The van der Waals surface area contributed by atoms with Crippen LogP contribution >= 0.6 is 11.6 Å². The summed E-state index contributed by atoms with van der Waals surface area (Å²) in [4.78, 5) is 13.8. The number of aromatic nitrogens is 1. The Hall–Kier alpha value is -2.21. The lowest BCUT2D eigenvalue weighted by Gasteiger charge is -2.07. The Morgan fingerprint density at radius 2 is 2.20 bits per heavy atom. The number of hydrogen-bond donors (Lipinski definition) is 0. The van der Waals surface area contributed by atoms with Gasteiger partial charge in [-0.2, -0.15) is 0 Å². The summed E-state index contributed by atoms with van der Waals surface area (Å²) in [6.07, 6.45) is 1.65. The van der Waals surface area contributed by atoms with Gasteiger partial charge in [-0.3, -0.25) is 0 Å². The van der Waals surface area contributed by atoms with Crippen LogP contribution in [0, 0.1) is 15.9 Å². The van der Waals surface area contributed by atoms with E-state index in [2.05, 4.69) is 4.98 Å². The van der Waals surface area contributed by atoms with Crippen LogP contribution in [0.5, 0.6) is 5.75 Å². The third-order valence-corrected chi connectivity index (χ3v) is 2.93. The minimum Gasteiger partial charge on any atom is -0.485 e. The van der Waals surface area contributed by atoms with E-state index in [9.17, 15) is 14.5 Å². The maximum Gasteiger partial charge on any atom is 0.406 e. The smallest absolute Gasteiger partial charge is 0.406 e. The molecule has 0 saturated carbocycles. The molecule has 0 saturated heterocycles. The van der Waals surface area contributed by atoms with E-state index in [0.717, 1.165) is 0 Å². The van der Waals surface area contributed by atoms with Crippen LogP contribution in [0.15, 0.2) is 36.5 Å². The van der Waals surface area contributed by atoms with Gasteiger partial charge in [-0.1, -0.05) is 11.6 Å². The van der Waals surface area contributed by atoms with E-state index in [-0.39, 0.29) is 18.2 Å². The lowest BCUT2D eigenvalue weighted by molar-refractivity contribution is -0.390. The fourth-order valence-corrected chi connectivity index (χ4v) is 1.85. The second-order valence-corrected chi connectivity index (χ2v) is 4.32. The molecule has 1 aromatic carbocycles. The van der Waals surface area contributed by atoms with E-state index in [1.54, 1.807) is 0 Å². The van der Waals surface area contributed by atoms with Gasteiger partial charge in [0, 0.05) is 11.4 Å². The van der Waals surface area contributed by atoms with Gasteiger partial charge in [0.2, 0.25) is 5.75 Å². The molecule has 0 aliphatic carbocycles. The standard InChI is InChI=1S/C13H10ClFN2O3/c14-11-4-3-10(15)8-9(11)5-7-20-12-2-1-6-16-13(12)17(18)19/h1-4,6,8H,5,7H2. The predicted molar refractivity (Wildman–Crippen MR) is 71.5 cm³/mol. The van der Waals surface area contributed by atoms with E-state index in [4.69, 9.17) is 16.3 Å². The van der Waals surface area contributed by atoms with Gasteiger partial charge in [-0.05, 0) is 45.8 Å². The van der Waals surface area contributed by atoms with Crippen molar-refractivity contribution in [3.8, 4) is 5.75 Å². The van der Waals surface area contributed by atoms with Crippen molar-refractivity contribution in [2.45, 2.75) is 6.42 Å². The van der Waals surface area contributed by atoms with Crippen LogP contribution in [0.2, 0.25) is 5.02 Å². The summed E-state index contributed by atoms with van der Waals surface area (Å²) in [5.41, 5.74) is 0.582. The van der Waals surface area contributed by atoms with Crippen molar-refractivity contribution in [3.05, 3.63) is 63.0 Å². The average molecular weight is 297 g/mol. The Balaban J connectivity index is 2.03. The molecule has 0 fully saturated rings. The summed E-state index contributed by atoms with van der Waals surface area (Å²) < 4.78 is 18.4. The summed E-state index contributed by atoms with van der Waals surface area (Å²) in [6.45, 7) is 0.135. The molecule has 2 rings (SSSR count). The van der Waals surface area contributed by atoms with Crippen molar-refractivity contribution >= 4 is 17.4 Å². The van der Waals surface area contributed by atoms with Gasteiger partial charge >= 0.3 is 5.82 Å². The van der Waals surface area contributed by atoms with E-state index in [1.807, 2.05) is 0 Å². The second-order valence-electron chi connectivity index (χ2n) is 3.92.